The minimum atomic E-state index is -1.29. The van der Waals surface area contributed by atoms with Crippen LogP contribution in [0.3, 0.4) is 0 Å². The van der Waals surface area contributed by atoms with Gasteiger partial charge in [0.05, 0.1) is 14.2 Å². The SMILES string of the molecule is COc1cc(F)cc(F)c1Bc1c(F)cc(F)c(OC)c1F. The van der Waals surface area contributed by atoms with Crippen LogP contribution in [0.4, 0.5) is 22.0 Å². The fraction of sp³-hybridized carbons (Fsp3) is 0.143. The first-order chi connectivity index (χ1) is 10.4. The molecule has 2 aromatic rings. The lowest BCUT2D eigenvalue weighted by atomic mass is 9.62. The topological polar surface area (TPSA) is 18.5 Å². The predicted molar refractivity (Wildman–Crippen MR) is 72.2 cm³/mol. The third-order valence-corrected chi connectivity index (χ3v) is 3.12. The summed E-state index contributed by atoms with van der Waals surface area (Å²) in [6.07, 6.45) is 0. The Morgan fingerprint density at radius 3 is 2.00 bits per heavy atom. The van der Waals surface area contributed by atoms with E-state index in [0.717, 1.165) is 20.3 Å². The zero-order chi connectivity index (χ0) is 16.4. The van der Waals surface area contributed by atoms with Crippen molar-refractivity contribution < 1.29 is 31.4 Å². The number of rotatable bonds is 4. The van der Waals surface area contributed by atoms with Gasteiger partial charge in [0, 0.05) is 18.2 Å². The van der Waals surface area contributed by atoms with Crippen molar-refractivity contribution >= 4 is 18.2 Å². The fourth-order valence-corrected chi connectivity index (χ4v) is 2.07. The van der Waals surface area contributed by atoms with Crippen LogP contribution >= 0.6 is 0 Å². The van der Waals surface area contributed by atoms with Crippen molar-refractivity contribution in [1.29, 1.82) is 0 Å². The van der Waals surface area contributed by atoms with E-state index < -0.39 is 47.6 Å². The molecule has 0 radical (unpaired) electrons. The molecule has 0 N–H and O–H groups in total. The van der Waals surface area contributed by atoms with Crippen LogP contribution in [-0.2, 0) is 0 Å². The number of halogens is 5. The summed E-state index contributed by atoms with van der Waals surface area (Å²) in [7, 11) is 1.58. The van der Waals surface area contributed by atoms with Crippen LogP contribution in [0.5, 0.6) is 11.5 Å². The second-order valence-electron chi connectivity index (χ2n) is 4.41. The van der Waals surface area contributed by atoms with Gasteiger partial charge >= 0.3 is 0 Å². The molecule has 2 rings (SSSR count). The Balaban J connectivity index is 2.57. The van der Waals surface area contributed by atoms with E-state index in [9.17, 15) is 22.0 Å². The molecule has 22 heavy (non-hydrogen) atoms. The van der Waals surface area contributed by atoms with Crippen LogP contribution in [0, 0.1) is 29.1 Å². The van der Waals surface area contributed by atoms with Gasteiger partial charge in [-0.3, -0.25) is 0 Å². The number of benzene rings is 2. The normalized spacial score (nSPS) is 10.5. The zero-order valence-electron chi connectivity index (χ0n) is 11.6. The largest absolute Gasteiger partial charge is 0.497 e. The zero-order valence-corrected chi connectivity index (χ0v) is 11.6. The van der Waals surface area contributed by atoms with Crippen LogP contribution in [0.15, 0.2) is 18.2 Å². The molecule has 0 saturated heterocycles. The third kappa shape index (κ3) is 2.86. The highest BCUT2D eigenvalue weighted by molar-refractivity contribution is 6.68. The van der Waals surface area contributed by atoms with E-state index in [1.807, 2.05) is 0 Å². The highest BCUT2D eigenvalue weighted by atomic mass is 19.2. The molecule has 0 fully saturated rings. The molecule has 0 unspecified atom stereocenters. The van der Waals surface area contributed by atoms with Crippen LogP contribution in [0.25, 0.3) is 0 Å². The predicted octanol–water partition coefficient (Wildman–Crippen LogP) is 1.79. The standard InChI is InChI=1S/C14H10BF5O2/c1-21-10-4-6(16)3-7(17)11(10)15-12-8(18)5-9(19)14(22-2)13(12)20/h3-5,15H,1-2H3. The molecule has 0 amide bonds. The monoisotopic (exact) mass is 316 g/mol. The Labute approximate surface area is 123 Å². The average Bonchev–Trinajstić information content (AvgIpc) is 2.44. The van der Waals surface area contributed by atoms with Crippen molar-refractivity contribution in [2.75, 3.05) is 14.2 Å². The number of methoxy groups -OCH3 is 2. The molecule has 2 nitrogen and oxygen atoms in total. The summed E-state index contributed by atoms with van der Waals surface area (Å²) in [5.41, 5.74) is -0.864. The lowest BCUT2D eigenvalue weighted by Crippen LogP contribution is -2.36. The van der Waals surface area contributed by atoms with Gasteiger partial charge < -0.3 is 9.47 Å². The number of hydrogen-bond acceptors (Lipinski definition) is 2. The molecule has 0 aromatic heterocycles. The molecule has 0 aliphatic heterocycles. The first-order valence-corrected chi connectivity index (χ1v) is 6.11. The molecule has 8 heteroatoms. The summed E-state index contributed by atoms with van der Waals surface area (Å²) < 4.78 is 77.5. The fourth-order valence-electron chi connectivity index (χ4n) is 2.07. The summed E-state index contributed by atoms with van der Waals surface area (Å²) in [6, 6.07) is 1.88. The Morgan fingerprint density at radius 1 is 0.773 bits per heavy atom. The van der Waals surface area contributed by atoms with Crippen molar-refractivity contribution in [3.63, 3.8) is 0 Å². The van der Waals surface area contributed by atoms with Crippen LogP contribution < -0.4 is 20.4 Å². The molecule has 2 aromatic carbocycles. The lowest BCUT2D eigenvalue weighted by molar-refractivity contribution is 0.358. The van der Waals surface area contributed by atoms with Gasteiger partial charge in [0.2, 0.25) is 7.28 Å². The summed E-state index contributed by atoms with van der Waals surface area (Å²) in [6.45, 7) is 0. The summed E-state index contributed by atoms with van der Waals surface area (Å²) in [5, 5.41) is 0. The molecule has 0 saturated carbocycles. The van der Waals surface area contributed by atoms with E-state index in [0.29, 0.717) is 12.1 Å². The van der Waals surface area contributed by atoms with Gasteiger partial charge in [-0.25, -0.2) is 22.0 Å². The molecule has 0 spiro atoms. The maximum Gasteiger partial charge on any atom is 0.208 e. The molecular formula is C14H10BF5O2. The van der Waals surface area contributed by atoms with Crippen molar-refractivity contribution in [2.45, 2.75) is 0 Å². The van der Waals surface area contributed by atoms with Gasteiger partial charge in [-0.2, -0.15) is 0 Å². The molecule has 0 heterocycles. The van der Waals surface area contributed by atoms with E-state index in [1.54, 1.807) is 0 Å². The minimum absolute atomic E-state index is 0.209. The quantitative estimate of drug-likeness (QED) is 0.632. The van der Waals surface area contributed by atoms with Gasteiger partial charge in [0.1, 0.15) is 23.2 Å². The van der Waals surface area contributed by atoms with Gasteiger partial charge in [-0.1, -0.05) is 0 Å². The maximum absolute atomic E-state index is 14.1. The molecule has 0 aliphatic rings. The summed E-state index contributed by atoms with van der Waals surface area (Å²) >= 11 is 0. The first kappa shape index (κ1) is 16.1. The van der Waals surface area contributed by atoms with Crippen LogP contribution in [0.2, 0.25) is 0 Å². The Hall–Kier alpha value is -2.25. The second kappa shape index (κ2) is 6.25. The maximum atomic E-state index is 14.1. The third-order valence-electron chi connectivity index (χ3n) is 3.12. The molecular weight excluding hydrogens is 306 g/mol. The molecule has 0 bridgehead atoms. The average molecular weight is 316 g/mol. The Kier molecular flexibility index (Phi) is 4.58. The lowest BCUT2D eigenvalue weighted by Gasteiger charge is -2.12. The van der Waals surface area contributed by atoms with Crippen molar-refractivity contribution in [1.82, 2.24) is 0 Å². The second-order valence-corrected chi connectivity index (χ2v) is 4.41. The van der Waals surface area contributed by atoms with Crippen LogP contribution in [-0.4, -0.2) is 21.5 Å². The summed E-state index contributed by atoms with van der Waals surface area (Å²) in [5.74, 6) is -6.62. The Bertz CT molecular complexity index is 721. The number of hydrogen-bond donors (Lipinski definition) is 0. The van der Waals surface area contributed by atoms with Crippen LogP contribution in [0.1, 0.15) is 0 Å². The molecule has 0 atom stereocenters. The Morgan fingerprint density at radius 2 is 1.41 bits per heavy atom. The van der Waals surface area contributed by atoms with Gasteiger partial charge in [0.25, 0.3) is 0 Å². The van der Waals surface area contributed by atoms with Gasteiger partial charge in [-0.05, 0) is 10.9 Å². The van der Waals surface area contributed by atoms with Crippen molar-refractivity contribution in [2.24, 2.45) is 0 Å². The van der Waals surface area contributed by atoms with Crippen molar-refractivity contribution in [3.05, 3.63) is 47.3 Å². The minimum Gasteiger partial charge on any atom is -0.497 e. The van der Waals surface area contributed by atoms with E-state index in [4.69, 9.17) is 4.74 Å². The number of ether oxygens (including phenoxy) is 2. The highest BCUT2D eigenvalue weighted by Gasteiger charge is 2.23. The van der Waals surface area contributed by atoms with E-state index >= 15 is 0 Å². The van der Waals surface area contributed by atoms with Gasteiger partial charge in [0.15, 0.2) is 17.4 Å². The van der Waals surface area contributed by atoms with Gasteiger partial charge in [-0.15, -0.1) is 0 Å². The van der Waals surface area contributed by atoms with E-state index in [2.05, 4.69) is 4.74 Å². The first-order valence-electron chi connectivity index (χ1n) is 6.11. The summed E-state index contributed by atoms with van der Waals surface area (Å²) in [4.78, 5) is 0. The smallest absolute Gasteiger partial charge is 0.208 e. The van der Waals surface area contributed by atoms with E-state index in [1.165, 1.54) is 0 Å². The molecule has 0 aliphatic carbocycles. The van der Waals surface area contributed by atoms with E-state index in [-0.39, 0.29) is 11.2 Å². The highest BCUT2D eigenvalue weighted by Crippen LogP contribution is 2.21. The molecule has 116 valence electrons. The van der Waals surface area contributed by atoms with Crippen molar-refractivity contribution in [3.8, 4) is 11.5 Å².